The lowest BCUT2D eigenvalue weighted by atomic mass is 10.1. The minimum atomic E-state index is -3.93. The molecule has 0 bridgehead atoms. The highest BCUT2D eigenvalue weighted by atomic mass is 32.2. The van der Waals surface area contributed by atoms with Crippen molar-refractivity contribution in [2.24, 2.45) is 0 Å². The first-order chi connectivity index (χ1) is 12.8. The Kier molecular flexibility index (Phi) is 5.27. The Bertz CT molecular complexity index is 955. The van der Waals surface area contributed by atoms with Crippen LogP contribution in [0.15, 0.2) is 41.3 Å². The van der Waals surface area contributed by atoms with Crippen LogP contribution in [0.1, 0.15) is 29.2 Å². The molecule has 0 spiro atoms. The molecule has 0 fully saturated rings. The van der Waals surface area contributed by atoms with Gasteiger partial charge in [-0.2, -0.15) is 0 Å². The molecule has 0 radical (unpaired) electrons. The largest absolute Gasteiger partial charge is 0.493 e. The monoisotopic (exact) mass is 390 g/mol. The van der Waals surface area contributed by atoms with E-state index in [1.165, 1.54) is 12.1 Å². The number of methoxy groups -OCH3 is 2. The molecule has 1 aliphatic rings. The number of nitrogens with one attached hydrogen (secondary N) is 2. The standard InChI is InChI=1S/C19H22N2O5S/c1-12-4-7-14(8-5-12)27(23,24)21-19(22)20-16-9-6-13-10-17(25-2)18(26-3)11-15(13)16/h4-5,7-8,10-11,16H,6,9H2,1-3H3,(H2,20,21,22). The quantitative estimate of drug-likeness (QED) is 0.819. The fourth-order valence-corrected chi connectivity index (χ4v) is 4.08. The summed E-state index contributed by atoms with van der Waals surface area (Å²) in [5.74, 6) is 1.20. The maximum absolute atomic E-state index is 12.3. The minimum absolute atomic E-state index is 0.0430. The molecule has 2 aromatic rings. The number of amides is 2. The number of sulfonamides is 1. The van der Waals surface area contributed by atoms with E-state index in [4.69, 9.17) is 9.47 Å². The van der Waals surface area contributed by atoms with Crippen molar-refractivity contribution in [1.82, 2.24) is 10.0 Å². The second-order valence-electron chi connectivity index (χ2n) is 6.39. The highest BCUT2D eigenvalue weighted by Crippen LogP contribution is 2.39. The van der Waals surface area contributed by atoms with Crippen LogP contribution in [0.25, 0.3) is 0 Å². The summed E-state index contributed by atoms with van der Waals surface area (Å²) in [4.78, 5) is 12.3. The number of urea groups is 1. The molecule has 3 rings (SSSR count). The summed E-state index contributed by atoms with van der Waals surface area (Å²) in [7, 11) is -0.814. The Hall–Kier alpha value is -2.74. The van der Waals surface area contributed by atoms with E-state index in [1.807, 2.05) is 19.1 Å². The van der Waals surface area contributed by atoms with E-state index in [0.29, 0.717) is 17.9 Å². The average Bonchev–Trinajstić information content (AvgIpc) is 3.02. The Morgan fingerprint density at radius 2 is 1.70 bits per heavy atom. The molecular formula is C19H22N2O5S. The molecule has 7 nitrogen and oxygen atoms in total. The highest BCUT2D eigenvalue weighted by molar-refractivity contribution is 7.90. The van der Waals surface area contributed by atoms with E-state index < -0.39 is 16.1 Å². The van der Waals surface area contributed by atoms with Crippen LogP contribution in [0.4, 0.5) is 4.79 Å². The van der Waals surface area contributed by atoms with Crippen LogP contribution in [0, 0.1) is 6.92 Å². The van der Waals surface area contributed by atoms with E-state index in [-0.39, 0.29) is 10.9 Å². The lowest BCUT2D eigenvalue weighted by molar-refractivity contribution is 0.242. The zero-order valence-corrected chi connectivity index (χ0v) is 16.2. The van der Waals surface area contributed by atoms with E-state index in [1.54, 1.807) is 26.4 Å². The molecule has 0 heterocycles. The molecule has 0 aliphatic heterocycles. The molecule has 8 heteroatoms. The normalized spacial score (nSPS) is 15.7. The summed E-state index contributed by atoms with van der Waals surface area (Å²) in [6.07, 6.45) is 1.43. The van der Waals surface area contributed by atoms with Gasteiger partial charge < -0.3 is 14.8 Å². The van der Waals surface area contributed by atoms with E-state index in [0.717, 1.165) is 23.1 Å². The van der Waals surface area contributed by atoms with Crippen molar-refractivity contribution in [2.45, 2.75) is 30.7 Å². The van der Waals surface area contributed by atoms with Crippen LogP contribution < -0.4 is 19.5 Å². The first-order valence-corrected chi connectivity index (χ1v) is 9.97. The maximum Gasteiger partial charge on any atom is 0.329 e. The number of carbonyl (C=O) groups excluding carboxylic acids is 1. The minimum Gasteiger partial charge on any atom is -0.493 e. The first-order valence-electron chi connectivity index (χ1n) is 8.49. The van der Waals surface area contributed by atoms with Gasteiger partial charge in [-0.05, 0) is 55.2 Å². The van der Waals surface area contributed by atoms with Gasteiger partial charge in [0.15, 0.2) is 11.5 Å². The van der Waals surface area contributed by atoms with Crippen molar-refractivity contribution >= 4 is 16.1 Å². The summed E-state index contributed by atoms with van der Waals surface area (Å²) in [6.45, 7) is 1.86. The molecule has 2 aromatic carbocycles. The van der Waals surface area contributed by atoms with E-state index >= 15 is 0 Å². The third-order valence-electron chi connectivity index (χ3n) is 4.59. The number of hydrogen-bond donors (Lipinski definition) is 2. The van der Waals surface area contributed by atoms with E-state index in [9.17, 15) is 13.2 Å². The number of carbonyl (C=O) groups is 1. The van der Waals surface area contributed by atoms with Crippen LogP contribution in [-0.4, -0.2) is 28.7 Å². The SMILES string of the molecule is COc1cc2c(cc1OC)C(NC(=O)NS(=O)(=O)c1ccc(C)cc1)CC2. The predicted molar refractivity (Wildman–Crippen MR) is 101 cm³/mol. The number of ether oxygens (including phenoxy) is 2. The Morgan fingerprint density at radius 1 is 1.07 bits per heavy atom. The molecule has 0 saturated carbocycles. The lowest BCUT2D eigenvalue weighted by Crippen LogP contribution is -2.40. The van der Waals surface area contributed by atoms with Crippen molar-refractivity contribution in [3.8, 4) is 11.5 Å². The molecule has 1 atom stereocenters. The average molecular weight is 390 g/mol. The van der Waals surface area contributed by atoms with Crippen LogP contribution in [0.2, 0.25) is 0 Å². The summed E-state index contributed by atoms with van der Waals surface area (Å²) < 4.78 is 37.4. The van der Waals surface area contributed by atoms with Gasteiger partial charge in [0.25, 0.3) is 10.0 Å². The lowest BCUT2D eigenvalue weighted by Gasteiger charge is -2.17. The van der Waals surface area contributed by atoms with Gasteiger partial charge in [0.05, 0.1) is 25.2 Å². The Morgan fingerprint density at radius 3 is 2.33 bits per heavy atom. The fraction of sp³-hybridized carbons (Fsp3) is 0.316. The van der Waals surface area contributed by atoms with Gasteiger partial charge in [-0.15, -0.1) is 0 Å². The molecule has 144 valence electrons. The molecular weight excluding hydrogens is 368 g/mol. The summed E-state index contributed by atoms with van der Waals surface area (Å²) in [5.41, 5.74) is 2.88. The van der Waals surface area contributed by atoms with Crippen LogP contribution in [0.3, 0.4) is 0 Å². The van der Waals surface area contributed by atoms with Crippen LogP contribution in [-0.2, 0) is 16.4 Å². The number of fused-ring (bicyclic) bond motifs is 1. The summed E-state index contributed by atoms with van der Waals surface area (Å²) >= 11 is 0. The summed E-state index contributed by atoms with van der Waals surface area (Å²) in [5, 5.41) is 2.74. The van der Waals surface area contributed by atoms with Gasteiger partial charge >= 0.3 is 6.03 Å². The van der Waals surface area contributed by atoms with Gasteiger partial charge in [0.2, 0.25) is 0 Å². The Balaban J connectivity index is 1.74. The molecule has 1 aliphatic carbocycles. The zero-order chi connectivity index (χ0) is 19.6. The van der Waals surface area contributed by atoms with Crippen molar-refractivity contribution < 1.29 is 22.7 Å². The van der Waals surface area contributed by atoms with Gasteiger partial charge in [-0.3, -0.25) is 0 Å². The van der Waals surface area contributed by atoms with Crippen molar-refractivity contribution in [3.05, 3.63) is 53.1 Å². The molecule has 27 heavy (non-hydrogen) atoms. The van der Waals surface area contributed by atoms with Crippen molar-refractivity contribution in [1.29, 1.82) is 0 Å². The second-order valence-corrected chi connectivity index (χ2v) is 8.07. The molecule has 1 unspecified atom stereocenters. The third kappa shape index (κ3) is 4.00. The second kappa shape index (κ2) is 7.48. The topological polar surface area (TPSA) is 93.7 Å². The fourth-order valence-electron chi connectivity index (χ4n) is 3.17. The van der Waals surface area contributed by atoms with E-state index in [2.05, 4.69) is 10.0 Å². The van der Waals surface area contributed by atoms with Crippen molar-refractivity contribution in [2.75, 3.05) is 14.2 Å². The highest BCUT2D eigenvalue weighted by Gasteiger charge is 2.27. The maximum atomic E-state index is 12.3. The number of benzene rings is 2. The first kappa shape index (κ1) is 19.0. The predicted octanol–water partition coefficient (Wildman–Crippen LogP) is 2.69. The Labute approximate surface area is 158 Å². The van der Waals surface area contributed by atoms with Gasteiger partial charge in [0.1, 0.15) is 0 Å². The number of hydrogen-bond acceptors (Lipinski definition) is 5. The van der Waals surface area contributed by atoms with Crippen LogP contribution >= 0.6 is 0 Å². The molecule has 0 aromatic heterocycles. The molecule has 2 N–H and O–H groups in total. The van der Waals surface area contributed by atoms with Crippen LogP contribution in [0.5, 0.6) is 11.5 Å². The molecule has 2 amide bonds. The molecule has 0 saturated heterocycles. The smallest absolute Gasteiger partial charge is 0.329 e. The third-order valence-corrected chi connectivity index (χ3v) is 5.93. The van der Waals surface area contributed by atoms with Gasteiger partial charge in [0, 0.05) is 0 Å². The number of rotatable bonds is 5. The zero-order valence-electron chi connectivity index (χ0n) is 15.4. The summed E-state index contributed by atoms with van der Waals surface area (Å²) in [6, 6.07) is 8.94. The number of aryl methyl sites for hydroxylation is 2. The van der Waals surface area contributed by atoms with Crippen molar-refractivity contribution in [3.63, 3.8) is 0 Å². The van der Waals surface area contributed by atoms with Gasteiger partial charge in [-0.1, -0.05) is 17.7 Å². The van der Waals surface area contributed by atoms with Gasteiger partial charge in [-0.25, -0.2) is 17.9 Å².